The summed E-state index contributed by atoms with van der Waals surface area (Å²) in [7, 11) is 0. The van der Waals surface area contributed by atoms with Crippen LogP contribution in [0, 0.1) is 0 Å². The molecule has 0 bridgehead atoms. The topological polar surface area (TPSA) is 19.7 Å². The zero-order valence-corrected chi connectivity index (χ0v) is 44.2. The molecule has 0 atom stereocenters. The summed E-state index contributed by atoms with van der Waals surface area (Å²) in [5.74, 6) is -1.30. The van der Waals surface area contributed by atoms with E-state index in [1.807, 2.05) is 143 Å². The van der Waals surface area contributed by atoms with Crippen molar-refractivity contribution in [1.29, 1.82) is 0 Å². The second kappa shape index (κ2) is 17.9. The molecule has 0 amide bonds. The maximum Gasteiger partial charge on any atom is 0.420 e. The van der Waals surface area contributed by atoms with E-state index in [-0.39, 0.29) is 39.4 Å². The van der Waals surface area contributed by atoms with E-state index in [0.717, 1.165) is 35.2 Å². The van der Waals surface area contributed by atoms with Crippen LogP contribution in [-0.4, -0.2) is 18.3 Å². The van der Waals surface area contributed by atoms with Gasteiger partial charge in [0.05, 0.1) is 72.5 Å². The highest BCUT2D eigenvalue weighted by atomic mass is 19.4. The molecule has 0 N–H and O–H groups in total. The number of allylic oxidation sites excluding steroid dienone is 1. The standard InChI is InChI=1S/C71H43F9N4/c72-69(73,74)40-33-35-42-43-36-34-41(70(75,76)77)38-53(43)54(52(42)37-40)39-55-65(81-56-25-9-1-17-44(56)45-18-2-10-26-57(45)81)67(83-60-29-13-5-21-48(60)49-22-6-14-30-61(49)83)64(71(78,79)80)68(84-62-31-15-7-23-50(62)51-24-8-16-32-63(51)84)66(55)82-58-27-11-3-19-46(58)47-20-4-12-28-59(47)82/h1-3,5-19,21-38,54H,4,20,39H2. The number of hydrogen-bond acceptors (Lipinski definition) is 0. The molecule has 14 aromatic rings. The summed E-state index contributed by atoms with van der Waals surface area (Å²) in [6, 6.07) is 58.1. The molecule has 4 nitrogen and oxygen atoms in total. The second-order valence-electron chi connectivity index (χ2n) is 21.9. The van der Waals surface area contributed by atoms with E-state index in [4.69, 9.17) is 0 Å². The summed E-state index contributed by atoms with van der Waals surface area (Å²) in [5.41, 5.74) is 2.36. The average Bonchev–Trinajstić information content (AvgIpc) is 1.50. The van der Waals surface area contributed by atoms with Crippen LogP contribution in [0.25, 0.3) is 116 Å². The number of nitrogens with zero attached hydrogens (tertiary/aromatic N) is 4. The van der Waals surface area contributed by atoms with Gasteiger partial charge in [-0.05, 0) is 120 Å². The summed E-state index contributed by atoms with van der Waals surface area (Å²) >= 11 is 0. The summed E-state index contributed by atoms with van der Waals surface area (Å²) in [6.45, 7) is 0. The quantitative estimate of drug-likeness (QED) is 0.148. The summed E-state index contributed by atoms with van der Waals surface area (Å²) < 4.78 is 155. The molecule has 0 saturated heterocycles. The Morgan fingerprint density at radius 3 is 1.06 bits per heavy atom. The van der Waals surface area contributed by atoms with Gasteiger partial charge < -0.3 is 18.3 Å². The fourth-order valence-electron chi connectivity index (χ4n) is 14.2. The van der Waals surface area contributed by atoms with Gasteiger partial charge in [0, 0.05) is 54.9 Å². The van der Waals surface area contributed by atoms with Crippen LogP contribution < -0.4 is 0 Å². The van der Waals surface area contributed by atoms with E-state index < -0.39 is 47.6 Å². The SMILES string of the molecule is FC(F)(F)c1ccc2c(c1)C(Cc1c(-n3c4c(c5ccccc53)CCC=C4)c(-n3c4ccccc4c4ccccc43)c(C(F)(F)F)c(-n3c4ccccc4c4ccccc43)c1-n1c3ccccc3c3ccccc31)c1cc(C(F)(F)F)ccc1-2. The van der Waals surface area contributed by atoms with Crippen LogP contribution in [0.2, 0.25) is 0 Å². The molecule has 0 unspecified atom stereocenters. The number of para-hydroxylation sites is 7. The highest BCUT2D eigenvalue weighted by molar-refractivity contribution is 6.14. The fourth-order valence-corrected chi connectivity index (χ4v) is 14.2. The number of benzene rings is 10. The first-order chi connectivity index (χ1) is 40.6. The van der Waals surface area contributed by atoms with Crippen molar-refractivity contribution in [1.82, 2.24) is 18.3 Å². The Kier molecular flexibility index (Phi) is 10.6. The van der Waals surface area contributed by atoms with Crippen molar-refractivity contribution in [3.63, 3.8) is 0 Å². The molecular formula is C71H43F9N4. The third-order valence-corrected chi connectivity index (χ3v) is 17.5. The van der Waals surface area contributed by atoms with Crippen molar-refractivity contribution in [2.45, 2.75) is 43.7 Å². The second-order valence-corrected chi connectivity index (χ2v) is 21.9. The number of rotatable bonds is 6. The molecule has 84 heavy (non-hydrogen) atoms. The molecule has 16 rings (SSSR count). The van der Waals surface area contributed by atoms with Crippen molar-refractivity contribution in [2.24, 2.45) is 0 Å². The Morgan fingerprint density at radius 2 is 0.690 bits per heavy atom. The predicted octanol–water partition coefficient (Wildman–Crippen LogP) is 20.3. The van der Waals surface area contributed by atoms with Gasteiger partial charge >= 0.3 is 18.5 Å². The normalized spacial score (nSPS) is 13.9. The lowest BCUT2D eigenvalue weighted by Gasteiger charge is -2.33. The smallest absolute Gasteiger partial charge is 0.307 e. The van der Waals surface area contributed by atoms with E-state index in [1.165, 1.54) is 12.1 Å². The largest absolute Gasteiger partial charge is 0.420 e. The Morgan fingerprint density at radius 1 is 0.357 bits per heavy atom. The Labute approximate surface area is 472 Å². The van der Waals surface area contributed by atoms with E-state index in [0.29, 0.717) is 101 Å². The van der Waals surface area contributed by atoms with Gasteiger partial charge in [0.15, 0.2) is 0 Å². The maximum absolute atomic E-state index is 18.6. The van der Waals surface area contributed by atoms with Gasteiger partial charge in [-0.1, -0.05) is 146 Å². The van der Waals surface area contributed by atoms with Gasteiger partial charge in [0.2, 0.25) is 0 Å². The van der Waals surface area contributed by atoms with E-state index >= 15 is 39.5 Å². The summed E-state index contributed by atoms with van der Waals surface area (Å²) in [6.07, 6.45) is -10.3. The molecule has 0 radical (unpaired) electrons. The number of hydrogen-bond donors (Lipinski definition) is 0. The monoisotopic (exact) mass is 1120 g/mol. The van der Waals surface area contributed by atoms with E-state index in [1.54, 1.807) is 57.7 Å². The number of aromatic nitrogens is 4. The van der Waals surface area contributed by atoms with E-state index in [2.05, 4.69) is 0 Å². The molecule has 2 aliphatic carbocycles. The van der Waals surface area contributed by atoms with Crippen LogP contribution in [-0.2, 0) is 31.4 Å². The minimum atomic E-state index is -5.22. The number of halogens is 9. The molecule has 13 heteroatoms. The number of fused-ring (bicyclic) bond motifs is 15. The third kappa shape index (κ3) is 7.17. The first kappa shape index (κ1) is 50.0. The zero-order valence-electron chi connectivity index (χ0n) is 44.2. The molecule has 0 saturated carbocycles. The van der Waals surface area contributed by atoms with Crippen molar-refractivity contribution < 1.29 is 39.5 Å². The van der Waals surface area contributed by atoms with Crippen molar-refractivity contribution >= 4 is 82.4 Å². The molecular weight excluding hydrogens is 1080 g/mol. The van der Waals surface area contributed by atoms with Gasteiger partial charge in [0.1, 0.15) is 5.56 Å². The Balaban J connectivity index is 1.23. The lowest BCUT2D eigenvalue weighted by atomic mass is 9.85. The van der Waals surface area contributed by atoms with Crippen LogP contribution in [0.4, 0.5) is 39.5 Å². The summed E-state index contributed by atoms with van der Waals surface area (Å²) in [5, 5.41) is 4.85. The number of aryl methyl sites for hydroxylation is 1. The maximum atomic E-state index is 18.6. The fraction of sp³-hybridized carbons (Fsp3) is 0.0986. The van der Waals surface area contributed by atoms with Crippen molar-refractivity contribution in [3.8, 4) is 33.9 Å². The van der Waals surface area contributed by atoms with Gasteiger partial charge in [-0.25, -0.2) is 0 Å². The molecule has 0 fully saturated rings. The van der Waals surface area contributed by atoms with Crippen molar-refractivity contribution in [2.75, 3.05) is 0 Å². The molecule has 4 heterocycles. The molecule has 0 aliphatic heterocycles. The van der Waals surface area contributed by atoms with E-state index in [9.17, 15) is 0 Å². The minimum Gasteiger partial charge on any atom is -0.307 e. The predicted molar refractivity (Wildman–Crippen MR) is 316 cm³/mol. The van der Waals surface area contributed by atoms with Gasteiger partial charge in [0.25, 0.3) is 0 Å². The lowest BCUT2D eigenvalue weighted by Crippen LogP contribution is -2.24. The van der Waals surface area contributed by atoms with Gasteiger partial charge in [-0.3, -0.25) is 0 Å². The summed E-state index contributed by atoms with van der Waals surface area (Å²) in [4.78, 5) is 0. The third-order valence-electron chi connectivity index (χ3n) is 17.5. The van der Waals surface area contributed by atoms with Gasteiger partial charge in [-0.15, -0.1) is 0 Å². The van der Waals surface area contributed by atoms with Crippen LogP contribution in [0.5, 0.6) is 0 Å². The average molecular weight is 1120 g/mol. The van der Waals surface area contributed by atoms with Crippen LogP contribution in [0.3, 0.4) is 0 Å². The highest BCUT2D eigenvalue weighted by Gasteiger charge is 2.47. The lowest BCUT2D eigenvalue weighted by molar-refractivity contribution is -0.138. The first-order valence-electron chi connectivity index (χ1n) is 27.6. The molecule has 2 aliphatic rings. The highest BCUT2D eigenvalue weighted by Crippen LogP contribution is 2.56. The Bertz CT molecular complexity index is 4930. The molecule has 410 valence electrons. The first-order valence-corrected chi connectivity index (χ1v) is 27.6. The van der Waals surface area contributed by atoms with Gasteiger partial charge in [-0.2, -0.15) is 39.5 Å². The van der Waals surface area contributed by atoms with Crippen molar-refractivity contribution in [3.05, 3.63) is 257 Å². The molecule has 10 aromatic carbocycles. The van der Waals surface area contributed by atoms with Crippen LogP contribution >= 0.6 is 0 Å². The van der Waals surface area contributed by atoms with Crippen LogP contribution in [0.15, 0.2) is 212 Å². The Hall–Kier alpha value is -9.75. The molecule has 0 spiro atoms. The number of alkyl halides is 9. The minimum absolute atomic E-state index is 0.0472. The zero-order chi connectivity index (χ0) is 57.1. The molecule has 4 aromatic heterocycles. The van der Waals surface area contributed by atoms with Crippen LogP contribution in [0.1, 0.15) is 57.0 Å².